The number of carbonyl (C=O) groups is 3. The Morgan fingerprint density at radius 1 is 1.27 bits per heavy atom. The van der Waals surface area contributed by atoms with Crippen LogP contribution in [0, 0.1) is 17.8 Å². The molecule has 11 heteroatoms. The van der Waals surface area contributed by atoms with Crippen molar-refractivity contribution in [3.63, 3.8) is 0 Å². The molecular weight excluding hydrogens is 626 g/mol. The fourth-order valence-electron chi connectivity index (χ4n) is 8.36. The molecule has 3 saturated heterocycles. The maximum absolute atomic E-state index is 14.6. The predicted molar refractivity (Wildman–Crippen MR) is 169 cm³/mol. The first-order valence-electron chi connectivity index (χ1n) is 16.0. The Bertz CT molecular complexity index is 1590. The van der Waals surface area contributed by atoms with Gasteiger partial charge in [-0.05, 0) is 83.8 Å². The van der Waals surface area contributed by atoms with Gasteiger partial charge in [0, 0.05) is 36.0 Å². The minimum Gasteiger partial charge on any atom is -0.349 e. The number of amides is 3. The Kier molecular flexibility index (Phi) is 7.08. The van der Waals surface area contributed by atoms with E-state index in [0.717, 1.165) is 34.1 Å². The molecule has 44 heavy (non-hydrogen) atoms. The van der Waals surface area contributed by atoms with Gasteiger partial charge in [0.15, 0.2) is 0 Å². The summed E-state index contributed by atoms with van der Waals surface area (Å²) >= 11 is 3.71. The molecule has 2 aromatic rings. The van der Waals surface area contributed by atoms with Crippen LogP contribution in [0.15, 0.2) is 28.9 Å². The van der Waals surface area contributed by atoms with E-state index in [1.807, 2.05) is 46.9 Å². The average molecular weight is 669 g/mol. The zero-order chi connectivity index (χ0) is 31.3. The maximum Gasteiger partial charge on any atom is 0.281 e. The third-order valence-electron chi connectivity index (χ3n) is 10.7. The fourth-order valence-corrected chi connectivity index (χ4v) is 8.93. The minimum atomic E-state index is -2.01. The molecule has 1 aliphatic carbocycles. The van der Waals surface area contributed by atoms with Crippen LogP contribution in [0.1, 0.15) is 64.5 Å². The summed E-state index contributed by atoms with van der Waals surface area (Å²) in [5, 5.41) is 16.5. The molecule has 3 amide bonds. The van der Waals surface area contributed by atoms with Crippen molar-refractivity contribution >= 4 is 50.1 Å². The van der Waals surface area contributed by atoms with Crippen LogP contribution in [0.25, 0.3) is 16.5 Å². The minimum absolute atomic E-state index is 0.104. The van der Waals surface area contributed by atoms with Gasteiger partial charge < -0.3 is 20.3 Å². The number of halogens is 1. The number of fused-ring (bicyclic) bond motifs is 5. The van der Waals surface area contributed by atoms with Crippen molar-refractivity contribution in [3.05, 3.63) is 40.0 Å². The third kappa shape index (κ3) is 4.11. The van der Waals surface area contributed by atoms with E-state index < -0.39 is 41.5 Å². The van der Waals surface area contributed by atoms with Crippen molar-refractivity contribution in [2.75, 3.05) is 20.1 Å². The van der Waals surface area contributed by atoms with Gasteiger partial charge in [0.2, 0.25) is 17.5 Å². The summed E-state index contributed by atoms with van der Waals surface area (Å²) in [4.78, 5) is 51.2. The number of piperazine rings is 1. The van der Waals surface area contributed by atoms with Gasteiger partial charge in [-0.25, -0.2) is 0 Å². The number of carbonyl (C=O) groups excluding carboxylic acids is 3. The van der Waals surface area contributed by atoms with E-state index in [0.29, 0.717) is 32.4 Å². The van der Waals surface area contributed by atoms with E-state index >= 15 is 0 Å². The molecule has 3 fully saturated rings. The number of nitrogens with one attached hydrogen (secondary N) is 2. The second-order valence-electron chi connectivity index (χ2n) is 13.8. The van der Waals surface area contributed by atoms with Gasteiger partial charge in [0.1, 0.15) is 12.1 Å². The molecule has 0 saturated carbocycles. The Hall–Kier alpha value is -2.73. The molecule has 1 unspecified atom stereocenters. The number of ether oxygens (including phenoxy) is 1. The van der Waals surface area contributed by atoms with Crippen LogP contribution >= 0.6 is 15.9 Å². The molecule has 7 atom stereocenters. The SMILES string of the molecule is CCC(C)[C@@]1(NC(=O)[C@@H]2C=C3c4cccc5[nH]c(Br)c(c45)C[C@H]3N(C)C2)O[C@@]2(O)[C@@H]3CCCN3C(=O)[C@H](CC(C)C)N2C1=O. The first kappa shape index (κ1) is 30.0. The fraction of sp³-hybridized carbons (Fsp3) is 0.606. The molecule has 0 spiro atoms. The molecule has 10 nitrogen and oxygen atoms in total. The quantitative estimate of drug-likeness (QED) is 0.434. The number of hydrogen-bond donors (Lipinski definition) is 3. The van der Waals surface area contributed by atoms with Crippen molar-refractivity contribution in [2.45, 2.75) is 89.6 Å². The number of benzene rings is 1. The van der Waals surface area contributed by atoms with Crippen molar-refractivity contribution in [1.82, 2.24) is 25.0 Å². The first-order valence-corrected chi connectivity index (χ1v) is 16.8. The number of aliphatic hydroxyl groups is 1. The third-order valence-corrected chi connectivity index (χ3v) is 11.4. The Morgan fingerprint density at radius 3 is 2.77 bits per heavy atom. The van der Waals surface area contributed by atoms with Crippen molar-refractivity contribution in [1.29, 1.82) is 0 Å². The van der Waals surface area contributed by atoms with Crippen molar-refractivity contribution in [3.8, 4) is 0 Å². The highest BCUT2D eigenvalue weighted by Gasteiger charge is 2.72. The van der Waals surface area contributed by atoms with E-state index in [1.165, 1.54) is 15.8 Å². The number of aromatic nitrogens is 1. The second kappa shape index (κ2) is 10.4. The van der Waals surface area contributed by atoms with Gasteiger partial charge in [0.25, 0.3) is 11.8 Å². The second-order valence-corrected chi connectivity index (χ2v) is 14.6. The largest absolute Gasteiger partial charge is 0.349 e. The molecule has 0 bridgehead atoms. The highest BCUT2D eigenvalue weighted by Crippen LogP contribution is 2.49. The van der Waals surface area contributed by atoms with E-state index in [9.17, 15) is 19.5 Å². The number of aromatic amines is 1. The van der Waals surface area contributed by atoms with Gasteiger partial charge in [-0.1, -0.05) is 45.9 Å². The highest BCUT2D eigenvalue weighted by molar-refractivity contribution is 9.10. The van der Waals surface area contributed by atoms with Crippen LogP contribution in [-0.4, -0.2) is 92.4 Å². The molecule has 1 aromatic heterocycles. The van der Waals surface area contributed by atoms with E-state index in [2.05, 4.69) is 43.3 Å². The molecule has 4 aliphatic heterocycles. The average Bonchev–Trinajstić information content (AvgIpc) is 3.66. The van der Waals surface area contributed by atoms with Gasteiger partial charge in [0.05, 0.1) is 10.5 Å². The number of likely N-dealkylation sites (N-methyl/N-ethyl adjacent to an activating group) is 1. The van der Waals surface area contributed by atoms with Crippen molar-refractivity contribution < 1.29 is 24.2 Å². The van der Waals surface area contributed by atoms with Crippen LogP contribution in [0.5, 0.6) is 0 Å². The molecule has 1 aromatic carbocycles. The summed E-state index contributed by atoms with van der Waals surface area (Å²) in [7, 11) is 2.03. The summed E-state index contributed by atoms with van der Waals surface area (Å²) < 4.78 is 7.52. The molecule has 5 aliphatic rings. The molecular formula is C33H42BrN5O5. The van der Waals surface area contributed by atoms with Crippen molar-refractivity contribution in [2.24, 2.45) is 17.8 Å². The van der Waals surface area contributed by atoms with Crippen LogP contribution in [-0.2, 0) is 25.5 Å². The Labute approximate surface area is 266 Å². The lowest BCUT2D eigenvalue weighted by molar-refractivity contribution is -0.323. The highest BCUT2D eigenvalue weighted by atomic mass is 79.9. The Morgan fingerprint density at radius 2 is 2.05 bits per heavy atom. The van der Waals surface area contributed by atoms with Crippen LogP contribution < -0.4 is 5.32 Å². The summed E-state index contributed by atoms with van der Waals surface area (Å²) in [5.41, 5.74) is 2.70. The number of hydrogen-bond acceptors (Lipinski definition) is 6. The van der Waals surface area contributed by atoms with E-state index in [-0.39, 0.29) is 23.8 Å². The Balaban J connectivity index is 1.26. The van der Waals surface area contributed by atoms with Gasteiger partial charge in [-0.15, -0.1) is 0 Å². The lowest BCUT2D eigenvalue weighted by atomic mass is 9.79. The lowest BCUT2D eigenvalue weighted by Crippen LogP contribution is -2.71. The number of nitrogens with zero attached hydrogens (tertiary/aromatic N) is 3. The van der Waals surface area contributed by atoms with Gasteiger partial charge in [-0.3, -0.25) is 28.9 Å². The van der Waals surface area contributed by atoms with Crippen LogP contribution in [0.3, 0.4) is 0 Å². The lowest BCUT2D eigenvalue weighted by Gasteiger charge is -2.49. The van der Waals surface area contributed by atoms with Crippen LogP contribution in [0.4, 0.5) is 0 Å². The van der Waals surface area contributed by atoms with Crippen LogP contribution in [0.2, 0.25) is 0 Å². The molecule has 236 valence electrons. The summed E-state index contributed by atoms with van der Waals surface area (Å²) in [6, 6.07) is 4.78. The number of rotatable bonds is 6. The maximum atomic E-state index is 14.6. The smallest absolute Gasteiger partial charge is 0.281 e. The first-order chi connectivity index (χ1) is 20.9. The normalized spacial score (nSPS) is 33.9. The summed E-state index contributed by atoms with van der Waals surface area (Å²) in [5.74, 6) is -3.93. The zero-order valence-corrected chi connectivity index (χ0v) is 27.6. The zero-order valence-electron chi connectivity index (χ0n) is 26.0. The van der Waals surface area contributed by atoms with E-state index in [4.69, 9.17) is 4.74 Å². The monoisotopic (exact) mass is 667 g/mol. The standard InChI is InChI=1S/C33H42BrN5O5/c1-6-18(4)32(31(42)39-25(13-17(2)3)30(41)38-12-8-11-26(38)33(39,43)44-32)36-29(40)19-14-21-20-9-7-10-23-27(20)22(28(34)35-23)15-24(21)37(5)16-19/h7,9-10,14,17-19,24-26,35,43H,6,8,11-13,15-16H2,1-5H3,(H,36,40)/t18?,19-,24-,25+,26+,32-,33+/m1/s1. The summed E-state index contributed by atoms with van der Waals surface area (Å²) in [6.07, 6.45) is 5.03. The topological polar surface area (TPSA) is 118 Å². The molecule has 0 radical (unpaired) electrons. The predicted octanol–water partition coefficient (Wildman–Crippen LogP) is 3.58. The summed E-state index contributed by atoms with van der Waals surface area (Å²) in [6.45, 7) is 8.77. The molecule has 5 heterocycles. The molecule has 3 N–H and O–H groups in total. The van der Waals surface area contributed by atoms with Gasteiger partial charge >= 0.3 is 0 Å². The molecule has 7 rings (SSSR count). The van der Waals surface area contributed by atoms with Gasteiger partial charge in [-0.2, -0.15) is 0 Å². The number of H-pyrrole nitrogens is 1. The van der Waals surface area contributed by atoms with E-state index in [1.54, 1.807) is 4.90 Å².